The molecule has 0 spiro atoms. The number of fused-ring (bicyclic) bond motifs is 1. The zero-order chi connectivity index (χ0) is 21.7. The average molecular weight is 412 g/mol. The molecule has 10 heteroatoms. The van der Waals surface area contributed by atoms with Gasteiger partial charge in [-0.3, -0.25) is 14.9 Å². The number of hydrogen-bond donors (Lipinski definition) is 1. The summed E-state index contributed by atoms with van der Waals surface area (Å²) in [6, 6.07) is 11.8. The number of para-hydroxylation sites is 1. The Morgan fingerprint density at radius 1 is 1.17 bits per heavy atom. The SMILES string of the molecule is CCOc1ccc(NC(=O)COC(=O)c2cc3ccccc3oc2=O)c([N+](=O)[O-])c1. The first kappa shape index (κ1) is 20.5. The van der Waals surface area contributed by atoms with E-state index in [9.17, 15) is 24.5 Å². The minimum atomic E-state index is -1.05. The van der Waals surface area contributed by atoms with Crippen LogP contribution >= 0.6 is 0 Å². The topological polar surface area (TPSA) is 138 Å². The molecule has 0 aliphatic carbocycles. The largest absolute Gasteiger partial charge is 0.494 e. The van der Waals surface area contributed by atoms with E-state index >= 15 is 0 Å². The predicted octanol–water partition coefficient (Wildman–Crippen LogP) is 2.90. The highest BCUT2D eigenvalue weighted by atomic mass is 16.6. The van der Waals surface area contributed by atoms with Gasteiger partial charge < -0.3 is 19.2 Å². The molecule has 3 aromatic rings. The van der Waals surface area contributed by atoms with Crippen molar-refractivity contribution in [2.75, 3.05) is 18.5 Å². The third kappa shape index (κ3) is 4.61. The number of nitrogens with one attached hydrogen (secondary N) is 1. The zero-order valence-corrected chi connectivity index (χ0v) is 15.7. The molecule has 1 N–H and O–H groups in total. The van der Waals surface area contributed by atoms with Gasteiger partial charge in [0.15, 0.2) is 6.61 Å². The number of esters is 1. The molecule has 10 nitrogen and oxygen atoms in total. The molecular formula is C20H16N2O8. The van der Waals surface area contributed by atoms with Crippen molar-refractivity contribution in [3.05, 3.63) is 74.6 Å². The summed E-state index contributed by atoms with van der Waals surface area (Å²) >= 11 is 0. The van der Waals surface area contributed by atoms with Crippen LogP contribution in [0.1, 0.15) is 17.3 Å². The second-order valence-corrected chi connectivity index (χ2v) is 5.98. The maximum absolute atomic E-state index is 12.2. The molecule has 0 aliphatic rings. The number of nitro benzene ring substituents is 1. The Hall–Kier alpha value is -4.21. The number of carbonyl (C=O) groups is 2. The molecule has 0 saturated heterocycles. The first-order valence-corrected chi connectivity index (χ1v) is 8.80. The lowest BCUT2D eigenvalue weighted by molar-refractivity contribution is -0.384. The summed E-state index contributed by atoms with van der Waals surface area (Å²) in [5, 5.41) is 14.0. The van der Waals surface area contributed by atoms with E-state index in [2.05, 4.69) is 5.32 Å². The Labute approximate surface area is 169 Å². The number of carbonyl (C=O) groups excluding carboxylic acids is 2. The summed E-state index contributed by atoms with van der Waals surface area (Å²) in [6.45, 7) is 1.29. The van der Waals surface area contributed by atoms with Crippen molar-refractivity contribution in [3.8, 4) is 5.75 Å². The van der Waals surface area contributed by atoms with Crippen LogP contribution in [0.3, 0.4) is 0 Å². The van der Waals surface area contributed by atoms with Crippen LogP contribution in [0.5, 0.6) is 5.75 Å². The predicted molar refractivity (Wildman–Crippen MR) is 106 cm³/mol. The van der Waals surface area contributed by atoms with Gasteiger partial charge in [-0.15, -0.1) is 0 Å². The summed E-state index contributed by atoms with van der Waals surface area (Å²) < 4.78 is 15.1. The third-order valence-corrected chi connectivity index (χ3v) is 3.95. The molecule has 1 heterocycles. The standard InChI is InChI=1S/C20H16N2O8/c1-2-28-13-7-8-15(16(10-13)22(26)27)21-18(23)11-29-19(24)14-9-12-5-3-4-6-17(12)30-20(14)25/h3-10H,2,11H2,1H3,(H,21,23). The molecule has 1 amide bonds. The summed E-state index contributed by atoms with van der Waals surface area (Å²) in [5.74, 6) is -1.59. The number of amides is 1. The Morgan fingerprint density at radius 2 is 1.93 bits per heavy atom. The number of anilines is 1. The van der Waals surface area contributed by atoms with E-state index in [1.54, 1.807) is 31.2 Å². The number of hydrogen-bond acceptors (Lipinski definition) is 8. The van der Waals surface area contributed by atoms with Gasteiger partial charge in [0.25, 0.3) is 11.6 Å². The second-order valence-electron chi connectivity index (χ2n) is 5.98. The van der Waals surface area contributed by atoms with Gasteiger partial charge in [0.05, 0.1) is 17.6 Å². The van der Waals surface area contributed by atoms with Gasteiger partial charge in [-0.2, -0.15) is 0 Å². The number of nitro groups is 1. The van der Waals surface area contributed by atoms with Crippen molar-refractivity contribution in [2.45, 2.75) is 6.92 Å². The molecule has 1 aromatic heterocycles. The van der Waals surface area contributed by atoms with Crippen molar-refractivity contribution >= 4 is 34.2 Å². The zero-order valence-electron chi connectivity index (χ0n) is 15.7. The molecule has 0 unspecified atom stereocenters. The number of nitrogens with zero attached hydrogens (tertiary/aromatic N) is 1. The minimum absolute atomic E-state index is 0.0882. The number of ether oxygens (including phenoxy) is 2. The fourth-order valence-corrected chi connectivity index (χ4v) is 2.62. The van der Waals surface area contributed by atoms with E-state index < -0.39 is 29.0 Å². The van der Waals surface area contributed by atoms with Crippen molar-refractivity contribution in [1.82, 2.24) is 0 Å². The monoisotopic (exact) mass is 412 g/mol. The maximum Gasteiger partial charge on any atom is 0.351 e. The van der Waals surface area contributed by atoms with Crippen LogP contribution in [0.2, 0.25) is 0 Å². The van der Waals surface area contributed by atoms with E-state index in [4.69, 9.17) is 13.9 Å². The smallest absolute Gasteiger partial charge is 0.351 e. The average Bonchev–Trinajstić information content (AvgIpc) is 2.72. The Balaban J connectivity index is 1.69. The van der Waals surface area contributed by atoms with Gasteiger partial charge in [0.2, 0.25) is 0 Å². The molecule has 3 rings (SSSR count). The van der Waals surface area contributed by atoms with Crippen molar-refractivity contribution in [3.63, 3.8) is 0 Å². The highest BCUT2D eigenvalue weighted by molar-refractivity contribution is 5.97. The molecule has 0 aliphatic heterocycles. The van der Waals surface area contributed by atoms with E-state index in [1.165, 1.54) is 24.3 Å². The van der Waals surface area contributed by atoms with Gasteiger partial charge in [-0.1, -0.05) is 18.2 Å². The Kier molecular flexibility index (Phi) is 6.06. The Morgan fingerprint density at radius 3 is 2.67 bits per heavy atom. The maximum atomic E-state index is 12.2. The van der Waals surface area contributed by atoms with Gasteiger partial charge in [-0.05, 0) is 31.2 Å². The van der Waals surface area contributed by atoms with Crippen LogP contribution in [-0.4, -0.2) is 30.0 Å². The fourth-order valence-electron chi connectivity index (χ4n) is 2.62. The van der Waals surface area contributed by atoms with Crippen molar-refractivity contribution in [1.29, 1.82) is 0 Å². The Bertz CT molecular complexity index is 1180. The fraction of sp³-hybridized carbons (Fsp3) is 0.150. The molecule has 2 aromatic carbocycles. The first-order chi connectivity index (χ1) is 14.4. The van der Waals surface area contributed by atoms with Crippen LogP contribution in [0.25, 0.3) is 11.0 Å². The van der Waals surface area contributed by atoms with Crippen molar-refractivity contribution in [2.24, 2.45) is 0 Å². The summed E-state index contributed by atoms with van der Waals surface area (Å²) in [4.78, 5) is 46.8. The molecule has 0 radical (unpaired) electrons. The molecular weight excluding hydrogens is 396 g/mol. The van der Waals surface area contributed by atoms with Gasteiger partial charge >= 0.3 is 11.6 Å². The van der Waals surface area contributed by atoms with E-state index in [0.29, 0.717) is 17.6 Å². The number of rotatable bonds is 7. The lowest BCUT2D eigenvalue weighted by Gasteiger charge is -2.09. The molecule has 30 heavy (non-hydrogen) atoms. The summed E-state index contributed by atoms with van der Waals surface area (Å²) in [5.41, 5.74) is -1.43. The molecule has 0 saturated carbocycles. The molecule has 0 fully saturated rings. The van der Waals surface area contributed by atoms with E-state index in [-0.39, 0.29) is 22.7 Å². The molecule has 154 valence electrons. The molecule has 0 bridgehead atoms. The summed E-state index contributed by atoms with van der Waals surface area (Å²) in [7, 11) is 0. The van der Waals surface area contributed by atoms with Crippen molar-refractivity contribution < 1.29 is 28.4 Å². The van der Waals surface area contributed by atoms with Crippen LogP contribution in [-0.2, 0) is 9.53 Å². The van der Waals surface area contributed by atoms with Gasteiger partial charge in [0, 0.05) is 5.39 Å². The normalized spacial score (nSPS) is 10.4. The van der Waals surface area contributed by atoms with Crippen LogP contribution < -0.4 is 15.7 Å². The van der Waals surface area contributed by atoms with Gasteiger partial charge in [-0.25, -0.2) is 9.59 Å². The molecule has 0 atom stereocenters. The van der Waals surface area contributed by atoms with Gasteiger partial charge in [0.1, 0.15) is 22.6 Å². The summed E-state index contributed by atoms with van der Waals surface area (Å²) in [6.07, 6.45) is 0. The first-order valence-electron chi connectivity index (χ1n) is 8.80. The van der Waals surface area contributed by atoms with Crippen LogP contribution in [0.15, 0.2) is 57.7 Å². The second kappa shape index (κ2) is 8.86. The third-order valence-electron chi connectivity index (χ3n) is 3.95. The van der Waals surface area contributed by atoms with E-state index in [0.717, 1.165) is 0 Å². The van der Waals surface area contributed by atoms with Crippen LogP contribution in [0.4, 0.5) is 11.4 Å². The quantitative estimate of drug-likeness (QED) is 0.271. The van der Waals surface area contributed by atoms with E-state index in [1.807, 2.05) is 0 Å². The van der Waals surface area contributed by atoms with Crippen LogP contribution in [0, 0.1) is 10.1 Å². The highest BCUT2D eigenvalue weighted by Crippen LogP contribution is 2.29. The number of benzene rings is 2. The lowest BCUT2D eigenvalue weighted by atomic mass is 10.2. The highest BCUT2D eigenvalue weighted by Gasteiger charge is 2.20. The lowest BCUT2D eigenvalue weighted by Crippen LogP contribution is -2.24. The minimum Gasteiger partial charge on any atom is -0.494 e.